The second-order valence-electron chi connectivity index (χ2n) is 8.43. The predicted octanol–water partition coefficient (Wildman–Crippen LogP) is 3.75. The number of carbonyl (C=O) groups is 1. The summed E-state index contributed by atoms with van der Waals surface area (Å²) in [5.74, 6) is 3.81. The van der Waals surface area contributed by atoms with Gasteiger partial charge in [0.25, 0.3) is 0 Å². The first kappa shape index (κ1) is 17.4. The first-order chi connectivity index (χ1) is 13.1. The lowest BCUT2D eigenvalue weighted by molar-refractivity contribution is -0.131. The van der Waals surface area contributed by atoms with Crippen LogP contribution < -0.4 is 4.90 Å². The fraction of sp³-hybridized carbons (Fsp3) is 0.667. The summed E-state index contributed by atoms with van der Waals surface area (Å²) >= 11 is 1.91. The molecule has 1 saturated carbocycles. The number of fused-ring (bicyclic) bond motifs is 3. The van der Waals surface area contributed by atoms with Crippen molar-refractivity contribution in [3.63, 3.8) is 0 Å². The summed E-state index contributed by atoms with van der Waals surface area (Å²) < 4.78 is 0. The van der Waals surface area contributed by atoms with E-state index in [2.05, 4.69) is 11.8 Å². The van der Waals surface area contributed by atoms with Gasteiger partial charge in [-0.25, -0.2) is 9.97 Å². The van der Waals surface area contributed by atoms with Gasteiger partial charge in [0.05, 0.1) is 5.39 Å². The van der Waals surface area contributed by atoms with Crippen molar-refractivity contribution in [2.24, 2.45) is 5.92 Å². The van der Waals surface area contributed by atoms with Gasteiger partial charge in [-0.3, -0.25) is 4.79 Å². The van der Waals surface area contributed by atoms with E-state index in [0.717, 1.165) is 50.2 Å². The molecule has 1 amide bonds. The van der Waals surface area contributed by atoms with Crippen LogP contribution in [-0.2, 0) is 17.6 Å². The fourth-order valence-corrected chi connectivity index (χ4v) is 5.87. The monoisotopic (exact) mass is 384 g/mol. The Kier molecular flexibility index (Phi) is 4.34. The van der Waals surface area contributed by atoms with Crippen LogP contribution in [0.15, 0.2) is 0 Å². The molecule has 1 aliphatic heterocycles. The number of amides is 1. The molecule has 1 saturated heterocycles. The number of carbonyl (C=O) groups excluding carboxylic acids is 1. The smallest absolute Gasteiger partial charge is 0.222 e. The van der Waals surface area contributed by atoms with Crippen LogP contribution in [0.5, 0.6) is 0 Å². The summed E-state index contributed by atoms with van der Waals surface area (Å²) in [6, 6.07) is 0. The lowest BCUT2D eigenvalue weighted by Gasteiger charge is -2.36. The number of hydrogen-bond acceptors (Lipinski definition) is 5. The van der Waals surface area contributed by atoms with Gasteiger partial charge in [-0.15, -0.1) is 11.3 Å². The number of aromatic nitrogens is 2. The zero-order chi connectivity index (χ0) is 18.5. The van der Waals surface area contributed by atoms with Crippen LogP contribution in [0, 0.1) is 5.92 Å². The lowest BCUT2D eigenvalue weighted by atomic mass is 9.89. The Balaban J connectivity index is 1.53. The summed E-state index contributed by atoms with van der Waals surface area (Å²) in [5, 5.41) is 1.32. The van der Waals surface area contributed by atoms with Crippen LogP contribution in [0.1, 0.15) is 61.7 Å². The van der Waals surface area contributed by atoms with Crippen molar-refractivity contribution in [3.05, 3.63) is 16.3 Å². The fourth-order valence-electron chi connectivity index (χ4n) is 4.48. The van der Waals surface area contributed by atoms with E-state index in [-0.39, 0.29) is 5.91 Å². The molecule has 27 heavy (non-hydrogen) atoms. The molecule has 1 unspecified atom stereocenters. The Labute approximate surface area is 164 Å². The van der Waals surface area contributed by atoms with Crippen LogP contribution >= 0.6 is 11.3 Å². The minimum absolute atomic E-state index is 0.267. The molecule has 0 spiro atoms. The molecule has 0 radical (unpaired) electrons. The van der Waals surface area contributed by atoms with Gasteiger partial charge in [0.2, 0.25) is 5.91 Å². The molecule has 2 fully saturated rings. The van der Waals surface area contributed by atoms with Gasteiger partial charge in [0.15, 0.2) is 0 Å². The summed E-state index contributed by atoms with van der Waals surface area (Å²) in [7, 11) is 0. The molecule has 1 atom stereocenters. The van der Waals surface area contributed by atoms with Crippen LogP contribution in [-0.4, -0.2) is 47.0 Å². The third-order valence-electron chi connectivity index (χ3n) is 6.33. The summed E-state index contributed by atoms with van der Waals surface area (Å²) in [6.07, 6.45) is 6.66. The Bertz CT molecular complexity index is 880. The maximum atomic E-state index is 12.0. The van der Waals surface area contributed by atoms with Crippen LogP contribution in [0.4, 0.5) is 5.82 Å². The van der Waals surface area contributed by atoms with Crippen molar-refractivity contribution in [2.75, 3.05) is 31.1 Å². The molecule has 6 heteroatoms. The number of rotatable bonds is 3. The summed E-state index contributed by atoms with van der Waals surface area (Å²) in [5.41, 5.74) is 1.51. The molecule has 3 heterocycles. The highest BCUT2D eigenvalue weighted by molar-refractivity contribution is 7.19. The third-order valence-corrected chi connectivity index (χ3v) is 7.48. The van der Waals surface area contributed by atoms with E-state index in [1.807, 2.05) is 23.2 Å². The molecule has 0 bridgehead atoms. The molecule has 5 rings (SSSR count). The van der Waals surface area contributed by atoms with Crippen molar-refractivity contribution in [1.82, 2.24) is 14.9 Å². The van der Waals surface area contributed by atoms with Crippen LogP contribution in [0.25, 0.3) is 10.2 Å². The largest absolute Gasteiger partial charge is 0.352 e. The number of anilines is 1. The quantitative estimate of drug-likeness (QED) is 0.809. The maximum Gasteiger partial charge on any atom is 0.222 e. The van der Waals surface area contributed by atoms with Gasteiger partial charge in [-0.05, 0) is 43.6 Å². The number of hydrogen-bond donors (Lipinski definition) is 0. The molecule has 144 valence electrons. The van der Waals surface area contributed by atoms with Crippen molar-refractivity contribution in [3.8, 4) is 0 Å². The maximum absolute atomic E-state index is 12.0. The van der Waals surface area contributed by atoms with E-state index < -0.39 is 0 Å². The van der Waals surface area contributed by atoms with Crippen LogP contribution in [0.3, 0.4) is 0 Å². The zero-order valence-corrected chi connectivity index (χ0v) is 17.1. The van der Waals surface area contributed by atoms with E-state index in [1.54, 1.807) is 0 Å². The Morgan fingerprint density at radius 1 is 1.15 bits per heavy atom. The van der Waals surface area contributed by atoms with Crippen molar-refractivity contribution in [2.45, 2.75) is 58.3 Å². The molecule has 5 nitrogen and oxygen atoms in total. The first-order valence-corrected chi connectivity index (χ1v) is 11.3. The molecule has 2 aliphatic carbocycles. The minimum atomic E-state index is 0.267. The average molecular weight is 385 g/mol. The van der Waals surface area contributed by atoms with Gasteiger partial charge in [-0.2, -0.15) is 0 Å². The van der Waals surface area contributed by atoms with Crippen molar-refractivity contribution >= 4 is 33.3 Å². The highest BCUT2D eigenvalue weighted by Crippen LogP contribution is 2.44. The van der Waals surface area contributed by atoms with Crippen LogP contribution in [0.2, 0.25) is 0 Å². The minimum Gasteiger partial charge on any atom is -0.352 e. The van der Waals surface area contributed by atoms with Gasteiger partial charge in [0, 0.05) is 43.4 Å². The molecule has 0 aromatic carbocycles. The number of nitrogens with zero attached hydrogens (tertiary/aromatic N) is 4. The van der Waals surface area contributed by atoms with Crippen molar-refractivity contribution < 1.29 is 4.79 Å². The zero-order valence-electron chi connectivity index (χ0n) is 16.3. The van der Waals surface area contributed by atoms with E-state index in [0.29, 0.717) is 12.3 Å². The van der Waals surface area contributed by atoms with E-state index >= 15 is 0 Å². The van der Waals surface area contributed by atoms with E-state index in [4.69, 9.17) is 9.97 Å². The number of thiophene rings is 1. The Morgan fingerprint density at radius 2 is 1.93 bits per heavy atom. The number of aryl methyl sites for hydroxylation is 1. The SMILES string of the molecule is CCC(=O)N1CCN(c2nc(C3CC3)nc3sc4c(c23)CCC(C)C4)CC1. The topological polar surface area (TPSA) is 49.3 Å². The normalized spacial score (nSPS) is 23.0. The first-order valence-electron chi connectivity index (χ1n) is 10.5. The highest BCUT2D eigenvalue weighted by Gasteiger charge is 2.32. The third kappa shape index (κ3) is 3.12. The molecular weight excluding hydrogens is 356 g/mol. The van der Waals surface area contributed by atoms with Gasteiger partial charge < -0.3 is 9.80 Å². The molecular formula is C21H28N4OS. The van der Waals surface area contributed by atoms with Gasteiger partial charge in [0.1, 0.15) is 16.5 Å². The van der Waals surface area contributed by atoms with E-state index in [9.17, 15) is 4.79 Å². The van der Waals surface area contributed by atoms with Gasteiger partial charge in [-0.1, -0.05) is 13.8 Å². The highest BCUT2D eigenvalue weighted by atomic mass is 32.1. The van der Waals surface area contributed by atoms with E-state index in [1.165, 1.54) is 46.3 Å². The standard InChI is InChI=1S/C21H28N4OS/c1-3-17(26)24-8-10-25(11-9-24)20-18-15-7-4-13(2)12-16(15)27-21(18)23-19(22-20)14-5-6-14/h13-14H,3-12H2,1-2H3. The second-order valence-corrected chi connectivity index (χ2v) is 9.52. The van der Waals surface area contributed by atoms with Crippen molar-refractivity contribution in [1.29, 1.82) is 0 Å². The Hall–Kier alpha value is -1.69. The molecule has 2 aromatic rings. The predicted molar refractivity (Wildman–Crippen MR) is 110 cm³/mol. The lowest BCUT2D eigenvalue weighted by Crippen LogP contribution is -2.49. The average Bonchev–Trinajstić information content (AvgIpc) is 3.47. The van der Waals surface area contributed by atoms with Gasteiger partial charge >= 0.3 is 0 Å². The molecule has 3 aliphatic rings. The molecule has 0 N–H and O–H groups in total. The summed E-state index contributed by atoms with van der Waals surface area (Å²) in [6.45, 7) is 7.68. The summed E-state index contributed by atoms with van der Waals surface area (Å²) in [4.78, 5) is 29.3. The molecule has 2 aromatic heterocycles. The second kappa shape index (κ2) is 6.73. The Morgan fingerprint density at radius 3 is 2.63 bits per heavy atom. The number of piperazine rings is 1.